The molecule has 0 fully saturated rings. The quantitative estimate of drug-likeness (QED) is 0.913. The number of rotatable bonds is 2. The molecule has 1 aliphatic heterocycles. The van der Waals surface area contributed by atoms with Crippen LogP contribution in [0.3, 0.4) is 0 Å². The molecule has 1 heterocycles. The van der Waals surface area contributed by atoms with E-state index in [4.69, 9.17) is 32.7 Å². The first-order chi connectivity index (χ1) is 9.63. The van der Waals surface area contributed by atoms with Gasteiger partial charge in [-0.25, -0.2) is 0 Å². The molecule has 0 radical (unpaired) electrons. The van der Waals surface area contributed by atoms with E-state index in [2.05, 4.69) is 5.32 Å². The number of amides is 1. The van der Waals surface area contributed by atoms with Crippen molar-refractivity contribution in [1.29, 1.82) is 0 Å². The van der Waals surface area contributed by atoms with Crippen LogP contribution in [0.2, 0.25) is 10.0 Å². The Balaban J connectivity index is 1.80. The Labute approximate surface area is 125 Å². The second kappa shape index (κ2) is 5.23. The van der Waals surface area contributed by atoms with Crippen molar-refractivity contribution in [2.45, 2.75) is 0 Å². The molecule has 0 aromatic heterocycles. The third-order valence-electron chi connectivity index (χ3n) is 2.81. The van der Waals surface area contributed by atoms with E-state index < -0.39 is 0 Å². The first-order valence-electron chi connectivity index (χ1n) is 5.79. The summed E-state index contributed by atoms with van der Waals surface area (Å²) in [5, 5.41) is 3.50. The lowest BCUT2D eigenvalue weighted by atomic mass is 10.2. The average molecular weight is 310 g/mol. The van der Waals surface area contributed by atoms with Crippen molar-refractivity contribution in [1.82, 2.24) is 0 Å². The lowest BCUT2D eigenvalue weighted by Gasteiger charge is -2.07. The molecule has 6 heteroatoms. The number of halogens is 2. The molecule has 0 saturated carbocycles. The summed E-state index contributed by atoms with van der Waals surface area (Å²) in [5.74, 6) is 0.997. The van der Waals surface area contributed by atoms with Gasteiger partial charge in [-0.15, -0.1) is 0 Å². The van der Waals surface area contributed by atoms with E-state index in [1.54, 1.807) is 30.3 Å². The van der Waals surface area contributed by atoms with Gasteiger partial charge in [0.2, 0.25) is 6.79 Å². The van der Waals surface area contributed by atoms with Crippen LogP contribution < -0.4 is 14.8 Å². The molecule has 102 valence electrons. The summed E-state index contributed by atoms with van der Waals surface area (Å²) in [7, 11) is 0. The fourth-order valence-corrected chi connectivity index (χ4v) is 2.11. The Hall–Kier alpha value is -1.91. The number of nitrogens with one attached hydrogen (secondary N) is 1. The van der Waals surface area contributed by atoms with Gasteiger partial charge in [0.15, 0.2) is 11.5 Å². The van der Waals surface area contributed by atoms with Crippen molar-refractivity contribution < 1.29 is 14.3 Å². The third-order valence-corrected chi connectivity index (χ3v) is 3.55. The second-order valence-corrected chi connectivity index (χ2v) is 4.97. The first-order valence-corrected chi connectivity index (χ1v) is 6.55. The number of carbonyl (C=O) groups is 1. The predicted octanol–water partition coefficient (Wildman–Crippen LogP) is 3.97. The van der Waals surface area contributed by atoms with Gasteiger partial charge in [-0.1, -0.05) is 23.2 Å². The van der Waals surface area contributed by atoms with Gasteiger partial charge in [-0.2, -0.15) is 0 Å². The zero-order chi connectivity index (χ0) is 14.1. The maximum absolute atomic E-state index is 12.1. The highest BCUT2D eigenvalue weighted by Crippen LogP contribution is 2.34. The van der Waals surface area contributed by atoms with Gasteiger partial charge in [0.25, 0.3) is 5.91 Å². The fraction of sp³-hybridized carbons (Fsp3) is 0.0714. The van der Waals surface area contributed by atoms with Crippen molar-refractivity contribution in [2.75, 3.05) is 12.1 Å². The third kappa shape index (κ3) is 2.53. The van der Waals surface area contributed by atoms with E-state index in [1.165, 1.54) is 6.07 Å². The van der Waals surface area contributed by atoms with Gasteiger partial charge in [0.05, 0.1) is 10.0 Å². The minimum atomic E-state index is -0.276. The van der Waals surface area contributed by atoms with Gasteiger partial charge in [0, 0.05) is 17.3 Å². The molecule has 4 nitrogen and oxygen atoms in total. The first kappa shape index (κ1) is 13.1. The van der Waals surface area contributed by atoms with Crippen molar-refractivity contribution in [3.05, 3.63) is 52.0 Å². The van der Waals surface area contributed by atoms with E-state index in [0.717, 1.165) is 0 Å². The standard InChI is InChI=1S/C14H9Cl2NO3/c15-10-3-1-8(5-11(10)16)14(18)17-9-2-4-12-13(6-9)20-7-19-12/h1-6H,7H2,(H,17,18). The predicted molar refractivity (Wildman–Crippen MR) is 77.0 cm³/mol. The lowest BCUT2D eigenvalue weighted by molar-refractivity contribution is 0.102. The fourth-order valence-electron chi connectivity index (χ4n) is 1.81. The largest absolute Gasteiger partial charge is 0.454 e. The summed E-state index contributed by atoms with van der Waals surface area (Å²) in [6.45, 7) is 0.194. The highest BCUT2D eigenvalue weighted by atomic mass is 35.5. The Kier molecular flexibility index (Phi) is 3.42. The maximum atomic E-state index is 12.1. The number of benzene rings is 2. The summed E-state index contributed by atoms with van der Waals surface area (Å²) in [6, 6.07) is 9.90. The van der Waals surface area contributed by atoms with Crippen molar-refractivity contribution in [2.24, 2.45) is 0 Å². The molecule has 1 aliphatic rings. The van der Waals surface area contributed by atoms with Crippen molar-refractivity contribution >= 4 is 34.8 Å². The number of hydrogen-bond acceptors (Lipinski definition) is 3. The minimum Gasteiger partial charge on any atom is -0.454 e. The molecule has 2 aromatic carbocycles. The van der Waals surface area contributed by atoms with E-state index >= 15 is 0 Å². The summed E-state index contributed by atoms with van der Waals surface area (Å²) < 4.78 is 10.5. The molecule has 0 aliphatic carbocycles. The molecule has 0 atom stereocenters. The molecular weight excluding hydrogens is 301 g/mol. The van der Waals surface area contributed by atoms with E-state index in [9.17, 15) is 4.79 Å². The zero-order valence-electron chi connectivity index (χ0n) is 10.2. The molecule has 2 aromatic rings. The zero-order valence-corrected chi connectivity index (χ0v) is 11.7. The molecule has 3 rings (SSSR count). The Bertz CT molecular complexity index is 688. The van der Waals surface area contributed by atoms with E-state index in [-0.39, 0.29) is 12.7 Å². The monoisotopic (exact) mass is 309 g/mol. The summed E-state index contributed by atoms with van der Waals surface area (Å²) in [6.07, 6.45) is 0. The summed E-state index contributed by atoms with van der Waals surface area (Å²) >= 11 is 11.7. The van der Waals surface area contributed by atoms with E-state index in [0.29, 0.717) is 32.8 Å². The molecule has 1 N–H and O–H groups in total. The second-order valence-electron chi connectivity index (χ2n) is 4.15. The van der Waals surface area contributed by atoms with Gasteiger partial charge in [-0.3, -0.25) is 4.79 Å². The number of ether oxygens (including phenoxy) is 2. The molecule has 1 amide bonds. The van der Waals surface area contributed by atoms with E-state index in [1.807, 2.05) is 0 Å². The molecule has 0 bridgehead atoms. The maximum Gasteiger partial charge on any atom is 0.255 e. The highest BCUT2D eigenvalue weighted by molar-refractivity contribution is 6.42. The van der Waals surface area contributed by atoms with Crippen LogP contribution in [0.1, 0.15) is 10.4 Å². The van der Waals surface area contributed by atoms with Gasteiger partial charge in [0.1, 0.15) is 0 Å². The van der Waals surface area contributed by atoms with Crippen LogP contribution in [0.5, 0.6) is 11.5 Å². The number of anilines is 1. The summed E-state index contributed by atoms with van der Waals surface area (Å²) in [5.41, 5.74) is 1.04. The van der Waals surface area contributed by atoms with Crippen molar-refractivity contribution in [3.8, 4) is 11.5 Å². The SMILES string of the molecule is O=C(Nc1ccc2c(c1)OCO2)c1ccc(Cl)c(Cl)c1. The minimum absolute atomic E-state index is 0.194. The van der Waals surface area contributed by atoms with Crippen LogP contribution in [0.4, 0.5) is 5.69 Å². The molecule has 20 heavy (non-hydrogen) atoms. The van der Waals surface area contributed by atoms with Gasteiger partial charge in [-0.05, 0) is 30.3 Å². The number of fused-ring (bicyclic) bond motifs is 1. The Morgan fingerprint density at radius 3 is 2.60 bits per heavy atom. The molecular formula is C14H9Cl2NO3. The molecule has 0 unspecified atom stereocenters. The molecule has 0 spiro atoms. The smallest absolute Gasteiger partial charge is 0.255 e. The van der Waals surface area contributed by atoms with Crippen molar-refractivity contribution in [3.63, 3.8) is 0 Å². The topological polar surface area (TPSA) is 47.6 Å². The number of hydrogen-bond donors (Lipinski definition) is 1. The average Bonchev–Trinajstić information content (AvgIpc) is 2.89. The number of carbonyl (C=O) groups excluding carboxylic acids is 1. The van der Waals surface area contributed by atoms with Crippen LogP contribution in [-0.2, 0) is 0 Å². The van der Waals surface area contributed by atoms with Crippen LogP contribution in [-0.4, -0.2) is 12.7 Å². The van der Waals surface area contributed by atoms with Crippen LogP contribution in [0, 0.1) is 0 Å². The highest BCUT2D eigenvalue weighted by Gasteiger charge is 2.15. The van der Waals surface area contributed by atoms with Crippen LogP contribution in [0.25, 0.3) is 0 Å². The molecule has 0 saturated heterocycles. The Morgan fingerprint density at radius 1 is 1.00 bits per heavy atom. The van der Waals surface area contributed by atoms with Crippen LogP contribution >= 0.6 is 23.2 Å². The normalized spacial score (nSPS) is 12.3. The lowest BCUT2D eigenvalue weighted by Crippen LogP contribution is -2.11. The summed E-state index contributed by atoms with van der Waals surface area (Å²) in [4.78, 5) is 12.1. The van der Waals surface area contributed by atoms with Crippen LogP contribution in [0.15, 0.2) is 36.4 Å². The Morgan fingerprint density at radius 2 is 1.80 bits per heavy atom. The van der Waals surface area contributed by atoms with Gasteiger partial charge >= 0.3 is 0 Å². The van der Waals surface area contributed by atoms with Gasteiger partial charge < -0.3 is 14.8 Å².